The van der Waals surface area contributed by atoms with E-state index in [1.54, 1.807) is 36.8 Å². The molecule has 1 fully saturated rings. The summed E-state index contributed by atoms with van der Waals surface area (Å²) in [6, 6.07) is 12.6. The van der Waals surface area contributed by atoms with Gasteiger partial charge in [-0.1, -0.05) is 18.2 Å². The van der Waals surface area contributed by atoms with Crippen LogP contribution in [0.4, 0.5) is 0 Å². The predicted octanol–water partition coefficient (Wildman–Crippen LogP) is 2.86. The highest BCUT2D eigenvalue weighted by molar-refractivity contribution is 7.89. The number of benzene rings is 1. The molecule has 0 atom stereocenters. The van der Waals surface area contributed by atoms with Gasteiger partial charge in [-0.15, -0.1) is 0 Å². The van der Waals surface area contributed by atoms with Gasteiger partial charge in [0.25, 0.3) is 0 Å². The summed E-state index contributed by atoms with van der Waals surface area (Å²) in [4.78, 5) is 8.58. The van der Waals surface area contributed by atoms with Crippen LogP contribution in [0.5, 0.6) is 5.75 Å². The first kappa shape index (κ1) is 16.9. The molecule has 2 aromatic heterocycles. The van der Waals surface area contributed by atoms with Crippen LogP contribution in [0, 0.1) is 0 Å². The molecule has 0 saturated carbocycles. The van der Waals surface area contributed by atoms with E-state index < -0.39 is 10.0 Å². The maximum absolute atomic E-state index is 13.1. The molecule has 0 aliphatic carbocycles. The first-order valence-electron chi connectivity index (χ1n) is 8.55. The van der Waals surface area contributed by atoms with Crippen molar-refractivity contribution in [1.82, 2.24) is 14.3 Å². The van der Waals surface area contributed by atoms with Gasteiger partial charge in [-0.3, -0.25) is 9.97 Å². The molecule has 1 saturated heterocycles. The average molecular weight is 369 g/mol. The predicted molar refractivity (Wildman–Crippen MR) is 98.4 cm³/mol. The molecule has 3 heterocycles. The van der Waals surface area contributed by atoms with Crippen molar-refractivity contribution in [2.24, 2.45) is 0 Å². The number of hydrogen-bond donors (Lipinski definition) is 0. The van der Waals surface area contributed by atoms with Crippen LogP contribution in [-0.4, -0.2) is 41.9 Å². The first-order valence-corrected chi connectivity index (χ1v) is 9.99. The molecular weight excluding hydrogens is 350 g/mol. The molecule has 0 radical (unpaired) electrons. The SMILES string of the molecule is O=S(=O)(c1cccc2cccnc12)N1CCC(Oc2cccnc2)CC1. The van der Waals surface area contributed by atoms with Crippen molar-refractivity contribution in [3.8, 4) is 5.75 Å². The van der Waals surface area contributed by atoms with Crippen LogP contribution in [0.2, 0.25) is 0 Å². The Morgan fingerprint density at radius 1 is 1.00 bits per heavy atom. The lowest BCUT2D eigenvalue weighted by molar-refractivity contribution is 0.134. The Labute approximate surface area is 152 Å². The monoisotopic (exact) mass is 369 g/mol. The molecule has 1 aliphatic heterocycles. The van der Waals surface area contributed by atoms with Crippen LogP contribution in [0.1, 0.15) is 12.8 Å². The third kappa shape index (κ3) is 3.27. The van der Waals surface area contributed by atoms with Gasteiger partial charge in [0.15, 0.2) is 0 Å². The fraction of sp³-hybridized carbons (Fsp3) is 0.263. The van der Waals surface area contributed by atoms with Gasteiger partial charge in [-0.05, 0) is 37.1 Å². The Balaban J connectivity index is 1.51. The quantitative estimate of drug-likeness (QED) is 0.707. The fourth-order valence-electron chi connectivity index (χ4n) is 3.22. The molecule has 0 bridgehead atoms. The maximum Gasteiger partial charge on any atom is 0.245 e. The molecule has 6 nitrogen and oxygen atoms in total. The van der Waals surface area contributed by atoms with Crippen LogP contribution in [0.15, 0.2) is 66.0 Å². The van der Waals surface area contributed by atoms with E-state index in [1.165, 1.54) is 4.31 Å². The van der Waals surface area contributed by atoms with Gasteiger partial charge in [0.05, 0.1) is 11.7 Å². The molecular formula is C19H19N3O3S. The highest BCUT2D eigenvalue weighted by Crippen LogP contribution is 2.27. The van der Waals surface area contributed by atoms with E-state index in [-0.39, 0.29) is 11.0 Å². The highest BCUT2D eigenvalue weighted by Gasteiger charge is 2.31. The second kappa shape index (κ2) is 7.01. The van der Waals surface area contributed by atoms with Crippen molar-refractivity contribution in [3.05, 3.63) is 61.1 Å². The zero-order valence-corrected chi connectivity index (χ0v) is 15.0. The number of ether oxygens (including phenoxy) is 1. The summed E-state index contributed by atoms with van der Waals surface area (Å²) in [5, 5.41) is 0.823. The summed E-state index contributed by atoms with van der Waals surface area (Å²) in [5.74, 6) is 0.715. The zero-order chi connectivity index (χ0) is 18.0. The molecule has 3 aromatic rings. The van der Waals surface area contributed by atoms with Gasteiger partial charge >= 0.3 is 0 Å². The molecule has 0 spiro atoms. The number of pyridine rings is 2. The summed E-state index contributed by atoms with van der Waals surface area (Å²) in [5.41, 5.74) is 0.517. The lowest BCUT2D eigenvalue weighted by atomic mass is 10.1. The van der Waals surface area contributed by atoms with Crippen molar-refractivity contribution in [2.75, 3.05) is 13.1 Å². The third-order valence-electron chi connectivity index (χ3n) is 4.55. The molecule has 4 rings (SSSR count). The molecule has 0 unspecified atom stereocenters. The second-order valence-electron chi connectivity index (χ2n) is 6.24. The molecule has 0 amide bonds. The number of para-hydroxylation sites is 1. The number of fused-ring (bicyclic) bond motifs is 1. The number of sulfonamides is 1. The van der Waals surface area contributed by atoms with E-state index in [2.05, 4.69) is 9.97 Å². The topological polar surface area (TPSA) is 72.4 Å². The largest absolute Gasteiger partial charge is 0.489 e. The van der Waals surface area contributed by atoms with Crippen LogP contribution in [0.3, 0.4) is 0 Å². The van der Waals surface area contributed by atoms with Crippen molar-refractivity contribution in [2.45, 2.75) is 23.8 Å². The number of nitrogens with zero attached hydrogens (tertiary/aromatic N) is 3. The number of aromatic nitrogens is 2. The number of hydrogen-bond acceptors (Lipinski definition) is 5. The van der Waals surface area contributed by atoms with Crippen LogP contribution < -0.4 is 4.74 Å². The van der Waals surface area contributed by atoms with E-state index in [1.807, 2.05) is 24.3 Å². The second-order valence-corrected chi connectivity index (χ2v) is 8.15. The van der Waals surface area contributed by atoms with Crippen molar-refractivity contribution < 1.29 is 13.2 Å². The summed E-state index contributed by atoms with van der Waals surface area (Å²) in [6.45, 7) is 0.854. The van der Waals surface area contributed by atoms with E-state index in [4.69, 9.17) is 4.74 Å². The van der Waals surface area contributed by atoms with E-state index >= 15 is 0 Å². The van der Waals surface area contributed by atoms with Crippen molar-refractivity contribution in [3.63, 3.8) is 0 Å². The normalized spacial score (nSPS) is 16.6. The molecule has 1 aromatic carbocycles. The Bertz CT molecular complexity index is 995. The summed E-state index contributed by atoms with van der Waals surface area (Å²) >= 11 is 0. The highest BCUT2D eigenvalue weighted by atomic mass is 32.2. The third-order valence-corrected chi connectivity index (χ3v) is 6.48. The van der Waals surface area contributed by atoms with E-state index in [0.29, 0.717) is 37.2 Å². The van der Waals surface area contributed by atoms with Gasteiger partial charge in [-0.25, -0.2) is 8.42 Å². The molecule has 7 heteroatoms. The minimum absolute atomic E-state index is 0.00343. The van der Waals surface area contributed by atoms with Gasteiger partial charge in [0.2, 0.25) is 10.0 Å². The molecule has 134 valence electrons. The number of piperidine rings is 1. The van der Waals surface area contributed by atoms with Crippen LogP contribution in [-0.2, 0) is 10.0 Å². The fourth-order valence-corrected chi connectivity index (χ4v) is 4.86. The van der Waals surface area contributed by atoms with E-state index in [9.17, 15) is 8.42 Å². The van der Waals surface area contributed by atoms with Crippen LogP contribution >= 0.6 is 0 Å². The van der Waals surface area contributed by atoms with Gasteiger partial charge < -0.3 is 4.74 Å². The lowest BCUT2D eigenvalue weighted by Gasteiger charge is -2.31. The van der Waals surface area contributed by atoms with Crippen molar-refractivity contribution in [1.29, 1.82) is 0 Å². The van der Waals surface area contributed by atoms with Gasteiger partial charge in [0, 0.05) is 30.9 Å². The number of rotatable bonds is 4. The molecule has 26 heavy (non-hydrogen) atoms. The minimum Gasteiger partial charge on any atom is -0.489 e. The minimum atomic E-state index is -3.58. The molecule has 0 N–H and O–H groups in total. The zero-order valence-electron chi connectivity index (χ0n) is 14.2. The standard InChI is InChI=1S/C19H19N3O3S/c23-26(24,18-7-1-4-15-5-2-11-21-19(15)18)22-12-8-16(9-13-22)25-17-6-3-10-20-14-17/h1-7,10-11,14,16H,8-9,12-13H2. The average Bonchev–Trinajstić information content (AvgIpc) is 2.69. The lowest BCUT2D eigenvalue weighted by Crippen LogP contribution is -2.41. The van der Waals surface area contributed by atoms with Crippen LogP contribution in [0.25, 0.3) is 10.9 Å². The van der Waals surface area contributed by atoms with Gasteiger partial charge in [-0.2, -0.15) is 4.31 Å². The Morgan fingerprint density at radius 2 is 1.77 bits per heavy atom. The summed E-state index contributed by atoms with van der Waals surface area (Å²) < 4.78 is 33.6. The Morgan fingerprint density at radius 3 is 2.54 bits per heavy atom. The maximum atomic E-state index is 13.1. The van der Waals surface area contributed by atoms with Gasteiger partial charge in [0.1, 0.15) is 16.7 Å². The van der Waals surface area contributed by atoms with Crippen molar-refractivity contribution >= 4 is 20.9 Å². The Kier molecular flexibility index (Phi) is 4.57. The van der Waals surface area contributed by atoms with E-state index in [0.717, 1.165) is 5.39 Å². The molecule has 1 aliphatic rings. The first-order chi connectivity index (χ1) is 12.6. The summed E-state index contributed by atoms with van der Waals surface area (Å²) in [6.07, 6.45) is 6.27. The smallest absolute Gasteiger partial charge is 0.245 e. The Hall–Kier alpha value is -2.51. The summed E-state index contributed by atoms with van der Waals surface area (Å²) in [7, 11) is -3.58.